The normalized spacial score (nSPS) is 12.2. The van der Waals surface area contributed by atoms with E-state index in [0.717, 1.165) is 39.0 Å². The smallest absolute Gasteiger partial charge is 0.119 e. The van der Waals surface area contributed by atoms with E-state index < -0.39 is 6.23 Å². The Balaban J connectivity index is 1.53. The third-order valence-electron chi connectivity index (χ3n) is 5.51. The van der Waals surface area contributed by atoms with E-state index in [2.05, 4.69) is 6.92 Å². The lowest BCUT2D eigenvalue weighted by atomic mass is 10.1. The molecule has 0 spiro atoms. The molecular formula is C25H32ClN3O3. The topological polar surface area (TPSA) is 59.8 Å². The molecular weight excluding hydrogens is 426 g/mol. The quantitative estimate of drug-likeness (QED) is 0.418. The van der Waals surface area contributed by atoms with E-state index in [1.165, 1.54) is 0 Å². The number of aromatic nitrogens is 2. The van der Waals surface area contributed by atoms with Crippen molar-refractivity contribution in [2.24, 2.45) is 0 Å². The van der Waals surface area contributed by atoms with Crippen molar-refractivity contribution in [2.75, 3.05) is 20.3 Å². The number of ether oxygens (including phenoxy) is 2. The molecule has 0 aliphatic heterocycles. The highest BCUT2D eigenvalue weighted by Gasteiger charge is 2.18. The van der Waals surface area contributed by atoms with Gasteiger partial charge in [-0.05, 0) is 63.7 Å². The van der Waals surface area contributed by atoms with Crippen LogP contribution >= 0.6 is 11.6 Å². The Morgan fingerprint density at radius 2 is 1.72 bits per heavy atom. The molecule has 0 saturated heterocycles. The van der Waals surface area contributed by atoms with Gasteiger partial charge in [-0.25, -0.2) is 0 Å². The van der Waals surface area contributed by atoms with Gasteiger partial charge in [-0.2, -0.15) is 5.10 Å². The van der Waals surface area contributed by atoms with Crippen molar-refractivity contribution in [2.45, 2.75) is 46.5 Å². The minimum Gasteiger partial charge on any atom is -0.494 e. The summed E-state index contributed by atoms with van der Waals surface area (Å²) in [5, 5.41) is 16.0. The Labute approximate surface area is 195 Å². The highest BCUT2D eigenvalue weighted by Crippen LogP contribution is 2.21. The number of halogens is 1. The van der Waals surface area contributed by atoms with Crippen molar-refractivity contribution in [1.82, 2.24) is 14.7 Å². The predicted octanol–water partition coefficient (Wildman–Crippen LogP) is 4.82. The molecule has 3 aromatic rings. The third kappa shape index (κ3) is 6.25. The summed E-state index contributed by atoms with van der Waals surface area (Å²) in [6.07, 6.45) is -0.126. The highest BCUT2D eigenvalue weighted by molar-refractivity contribution is 6.31. The van der Waals surface area contributed by atoms with E-state index in [1.54, 1.807) is 0 Å². The van der Waals surface area contributed by atoms with Gasteiger partial charge < -0.3 is 14.6 Å². The molecule has 0 amide bonds. The number of hydrogen-bond acceptors (Lipinski definition) is 5. The van der Waals surface area contributed by atoms with Gasteiger partial charge in [-0.3, -0.25) is 9.58 Å². The van der Waals surface area contributed by atoms with Crippen LogP contribution in [0.1, 0.15) is 35.9 Å². The van der Waals surface area contributed by atoms with Crippen LogP contribution in [0.3, 0.4) is 0 Å². The first-order valence-corrected chi connectivity index (χ1v) is 11.3. The highest BCUT2D eigenvalue weighted by atomic mass is 35.5. The van der Waals surface area contributed by atoms with Crippen LogP contribution in [0, 0.1) is 13.8 Å². The lowest BCUT2D eigenvalue weighted by molar-refractivity contribution is 0.00112. The second-order valence-corrected chi connectivity index (χ2v) is 8.24. The molecule has 7 heteroatoms. The van der Waals surface area contributed by atoms with Crippen molar-refractivity contribution >= 4 is 11.6 Å². The molecule has 172 valence electrons. The molecule has 0 saturated carbocycles. The zero-order chi connectivity index (χ0) is 23.1. The fourth-order valence-corrected chi connectivity index (χ4v) is 3.76. The maximum atomic E-state index is 10.6. The Hall–Kier alpha value is -2.54. The number of aliphatic hydroxyl groups excluding tert-OH is 1. The molecule has 0 fully saturated rings. The molecule has 2 aromatic carbocycles. The zero-order valence-corrected chi connectivity index (χ0v) is 20.0. The molecule has 0 aliphatic carbocycles. The molecule has 3 rings (SSSR count). The van der Waals surface area contributed by atoms with Gasteiger partial charge in [0.15, 0.2) is 0 Å². The Bertz CT molecular complexity index is 1000. The fourth-order valence-electron chi connectivity index (χ4n) is 3.56. The summed E-state index contributed by atoms with van der Waals surface area (Å²) in [6, 6.07) is 15.3. The number of aliphatic hydroxyl groups is 1. The van der Waals surface area contributed by atoms with Crippen LogP contribution in [0.2, 0.25) is 5.02 Å². The van der Waals surface area contributed by atoms with Crippen molar-refractivity contribution in [3.05, 3.63) is 76.1 Å². The van der Waals surface area contributed by atoms with E-state index in [0.29, 0.717) is 32.7 Å². The van der Waals surface area contributed by atoms with Crippen molar-refractivity contribution in [3.63, 3.8) is 0 Å². The summed E-state index contributed by atoms with van der Waals surface area (Å²) in [4.78, 5) is 1.92. The van der Waals surface area contributed by atoms with E-state index in [4.69, 9.17) is 26.2 Å². The van der Waals surface area contributed by atoms with Crippen molar-refractivity contribution in [1.29, 1.82) is 0 Å². The molecule has 1 heterocycles. The summed E-state index contributed by atoms with van der Waals surface area (Å²) >= 11 is 6.31. The van der Waals surface area contributed by atoms with E-state index in [9.17, 15) is 5.11 Å². The van der Waals surface area contributed by atoms with Crippen LogP contribution in [-0.4, -0.2) is 46.3 Å². The molecule has 0 radical (unpaired) electrons. The number of rotatable bonds is 11. The molecule has 1 unspecified atom stereocenters. The van der Waals surface area contributed by atoms with Crippen LogP contribution in [0.25, 0.3) is 0 Å². The van der Waals surface area contributed by atoms with Gasteiger partial charge in [0.1, 0.15) is 17.7 Å². The van der Waals surface area contributed by atoms with E-state index in [1.807, 2.05) is 79.0 Å². The van der Waals surface area contributed by atoms with Gasteiger partial charge in [-0.1, -0.05) is 29.8 Å². The predicted molar refractivity (Wildman–Crippen MR) is 127 cm³/mol. The van der Waals surface area contributed by atoms with Crippen LogP contribution in [0.4, 0.5) is 0 Å². The van der Waals surface area contributed by atoms with Gasteiger partial charge in [0.05, 0.1) is 25.5 Å². The fraction of sp³-hybridized carbons (Fsp3) is 0.400. The summed E-state index contributed by atoms with van der Waals surface area (Å²) in [5.74, 6) is 1.58. The molecule has 0 aliphatic rings. The average molecular weight is 458 g/mol. The summed E-state index contributed by atoms with van der Waals surface area (Å²) in [6.45, 7) is 8.29. The van der Waals surface area contributed by atoms with Crippen molar-refractivity contribution < 1.29 is 14.6 Å². The van der Waals surface area contributed by atoms with Crippen molar-refractivity contribution in [3.8, 4) is 11.5 Å². The van der Waals surface area contributed by atoms with Crippen LogP contribution in [0.5, 0.6) is 11.5 Å². The minimum absolute atomic E-state index is 0.420. The summed E-state index contributed by atoms with van der Waals surface area (Å²) in [7, 11) is 1.91. The lowest BCUT2D eigenvalue weighted by Crippen LogP contribution is -2.32. The van der Waals surface area contributed by atoms with Gasteiger partial charge in [0.2, 0.25) is 0 Å². The third-order valence-corrected chi connectivity index (χ3v) is 5.87. The molecule has 1 atom stereocenters. The summed E-state index contributed by atoms with van der Waals surface area (Å²) in [5.41, 5.74) is 4.18. The van der Waals surface area contributed by atoms with Gasteiger partial charge in [0, 0.05) is 29.2 Å². The maximum absolute atomic E-state index is 10.6. The van der Waals surface area contributed by atoms with Gasteiger partial charge >= 0.3 is 0 Å². The largest absolute Gasteiger partial charge is 0.494 e. The zero-order valence-electron chi connectivity index (χ0n) is 19.2. The van der Waals surface area contributed by atoms with E-state index in [-0.39, 0.29) is 0 Å². The molecule has 1 N–H and O–H groups in total. The molecule has 0 bridgehead atoms. The lowest BCUT2D eigenvalue weighted by Gasteiger charge is -2.23. The maximum Gasteiger partial charge on any atom is 0.119 e. The van der Waals surface area contributed by atoms with E-state index >= 15 is 0 Å². The first-order valence-electron chi connectivity index (χ1n) is 10.9. The number of hydrogen-bond donors (Lipinski definition) is 1. The number of nitrogens with zero attached hydrogens (tertiary/aromatic N) is 3. The monoisotopic (exact) mass is 457 g/mol. The molecule has 6 nitrogen and oxygen atoms in total. The van der Waals surface area contributed by atoms with Crippen LogP contribution in [-0.2, 0) is 13.1 Å². The number of aryl methyl sites for hydroxylation is 1. The minimum atomic E-state index is -0.622. The second-order valence-electron chi connectivity index (χ2n) is 7.84. The first kappa shape index (κ1) is 24.1. The Morgan fingerprint density at radius 1 is 1.06 bits per heavy atom. The second kappa shape index (κ2) is 11.4. The summed E-state index contributed by atoms with van der Waals surface area (Å²) < 4.78 is 13.2. The SMILES string of the molecule is CCOc1ccc(OCCC(O)N(C)Cc2c(C)nn(Cc3ccccc3Cl)c2C)cc1. The first-order chi connectivity index (χ1) is 15.4. The Morgan fingerprint density at radius 3 is 2.38 bits per heavy atom. The average Bonchev–Trinajstić information content (AvgIpc) is 3.04. The molecule has 1 aromatic heterocycles. The van der Waals surface area contributed by atoms with Gasteiger partial charge in [0.25, 0.3) is 0 Å². The van der Waals surface area contributed by atoms with Gasteiger partial charge in [-0.15, -0.1) is 0 Å². The van der Waals surface area contributed by atoms with Crippen LogP contribution < -0.4 is 9.47 Å². The standard InChI is InChI=1S/C25H32ClN3O3/c1-5-31-21-10-12-22(13-11-21)32-15-14-25(30)28(4)17-23-18(2)27-29(19(23)3)16-20-8-6-7-9-24(20)26/h6-13,25,30H,5,14-17H2,1-4H3. The Kier molecular flexibility index (Phi) is 8.56. The van der Waals surface area contributed by atoms with Crippen LogP contribution in [0.15, 0.2) is 48.5 Å². The molecule has 32 heavy (non-hydrogen) atoms. The number of benzene rings is 2.